The van der Waals surface area contributed by atoms with Gasteiger partial charge in [-0.3, -0.25) is 19.3 Å². The Morgan fingerprint density at radius 2 is 1.86 bits per heavy atom. The van der Waals surface area contributed by atoms with Gasteiger partial charge in [0.15, 0.2) is 0 Å². The van der Waals surface area contributed by atoms with Crippen LogP contribution in [0.2, 0.25) is 0 Å². The van der Waals surface area contributed by atoms with Crippen molar-refractivity contribution in [2.24, 2.45) is 5.92 Å². The van der Waals surface area contributed by atoms with Gasteiger partial charge in [-0.1, -0.05) is 20.8 Å². The number of carboxylic acid groups (broad SMARTS) is 1. The SMILES string of the molecule is CCC1(CC)NC(=O)N(CC(=O)N(C)CC(C)C(=O)O)C1=O. The molecule has 0 bridgehead atoms. The van der Waals surface area contributed by atoms with E-state index in [0.717, 1.165) is 4.90 Å². The zero-order valence-corrected chi connectivity index (χ0v) is 13.4. The van der Waals surface area contributed by atoms with Crippen molar-refractivity contribution in [1.82, 2.24) is 15.1 Å². The number of likely N-dealkylation sites (N-methyl/N-ethyl adjacent to an activating group) is 1. The summed E-state index contributed by atoms with van der Waals surface area (Å²) in [5.74, 6) is -2.61. The fourth-order valence-corrected chi connectivity index (χ4v) is 2.40. The molecule has 0 aliphatic carbocycles. The van der Waals surface area contributed by atoms with E-state index in [2.05, 4.69) is 5.32 Å². The van der Waals surface area contributed by atoms with Crippen LogP contribution in [0.15, 0.2) is 0 Å². The molecule has 22 heavy (non-hydrogen) atoms. The van der Waals surface area contributed by atoms with Crippen LogP contribution in [0.4, 0.5) is 4.79 Å². The third-order valence-electron chi connectivity index (χ3n) is 4.14. The molecule has 1 atom stereocenters. The molecule has 8 heteroatoms. The number of nitrogens with one attached hydrogen (secondary N) is 1. The average Bonchev–Trinajstić information content (AvgIpc) is 2.71. The van der Waals surface area contributed by atoms with Crippen molar-refractivity contribution in [3.8, 4) is 0 Å². The summed E-state index contributed by atoms with van der Waals surface area (Å²) in [6, 6.07) is -0.582. The molecule has 8 nitrogen and oxygen atoms in total. The molecule has 0 aromatic heterocycles. The van der Waals surface area contributed by atoms with Gasteiger partial charge in [0.05, 0.1) is 5.92 Å². The van der Waals surface area contributed by atoms with Gasteiger partial charge in [0.1, 0.15) is 12.1 Å². The smallest absolute Gasteiger partial charge is 0.325 e. The third kappa shape index (κ3) is 3.37. The number of aliphatic carboxylic acids is 1. The summed E-state index contributed by atoms with van der Waals surface area (Å²) >= 11 is 0. The molecule has 0 spiro atoms. The Bertz CT molecular complexity index is 487. The van der Waals surface area contributed by atoms with Crippen molar-refractivity contribution < 1.29 is 24.3 Å². The lowest BCUT2D eigenvalue weighted by molar-refractivity contribution is -0.144. The number of urea groups is 1. The van der Waals surface area contributed by atoms with Crippen molar-refractivity contribution in [2.75, 3.05) is 20.1 Å². The highest BCUT2D eigenvalue weighted by atomic mass is 16.4. The van der Waals surface area contributed by atoms with E-state index < -0.39 is 35.3 Å². The molecule has 0 saturated carbocycles. The second-order valence-corrected chi connectivity index (χ2v) is 5.62. The number of hydrogen-bond acceptors (Lipinski definition) is 4. The lowest BCUT2D eigenvalue weighted by Gasteiger charge is -2.24. The molecule has 0 aromatic carbocycles. The van der Waals surface area contributed by atoms with Crippen LogP contribution in [0.5, 0.6) is 0 Å². The van der Waals surface area contributed by atoms with E-state index in [-0.39, 0.29) is 13.1 Å². The predicted octanol–water partition coefficient (Wildman–Crippen LogP) is 0.276. The van der Waals surface area contributed by atoms with Gasteiger partial charge >= 0.3 is 12.0 Å². The quantitative estimate of drug-likeness (QED) is 0.656. The zero-order valence-electron chi connectivity index (χ0n) is 13.4. The molecule has 2 N–H and O–H groups in total. The number of carboxylic acids is 1. The largest absolute Gasteiger partial charge is 0.481 e. The van der Waals surface area contributed by atoms with E-state index in [0.29, 0.717) is 12.8 Å². The fourth-order valence-electron chi connectivity index (χ4n) is 2.40. The van der Waals surface area contributed by atoms with Crippen molar-refractivity contribution in [1.29, 1.82) is 0 Å². The van der Waals surface area contributed by atoms with Crippen LogP contribution in [0.25, 0.3) is 0 Å². The van der Waals surface area contributed by atoms with Gasteiger partial charge in [-0.05, 0) is 12.8 Å². The summed E-state index contributed by atoms with van der Waals surface area (Å²) in [5.41, 5.74) is -0.940. The highest BCUT2D eigenvalue weighted by Gasteiger charge is 2.49. The van der Waals surface area contributed by atoms with Crippen LogP contribution in [-0.4, -0.2) is 64.4 Å². The van der Waals surface area contributed by atoms with Gasteiger partial charge in [-0.2, -0.15) is 0 Å². The van der Waals surface area contributed by atoms with Crippen LogP contribution in [0.3, 0.4) is 0 Å². The van der Waals surface area contributed by atoms with Gasteiger partial charge in [0.25, 0.3) is 5.91 Å². The van der Waals surface area contributed by atoms with Gasteiger partial charge in [-0.15, -0.1) is 0 Å². The number of carbonyl (C=O) groups is 4. The summed E-state index contributed by atoms with van der Waals surface area (Å²) in [5, 5.41) is 11.5. The standard InChI is InChI=1S/C14H23N3O5/c1-5-14(6-2)12(21)17(13(22)15-14)8-10(18)16(4)7-9(3)11(19)20/h9H,5-8H2,1-4H3,(H,15,22)(H,19,20). The first-order valence-corrected chi connectivity index (χ1v) is 7.29. The second kappa shape index (κ2) is 6.76. The summed E-state index contributed by atoms with van der Waals surface area (Å²) in [6.07, 6.45) is 0.898. The predicted molar refractivity (Wildman–Crippen MR) is 78.0 cm³/mol. The number of carbonyl (C=O) groups excluding carboxylic acids is 3. The van der Waals surface area contributed by atoms with E-state index in [9.17, 15) is 19.2 Å². The fraction of sp³-hybridized carbons (Fsp3) is 0.714. The number of hydrogen-bond donors (Lipinski definition) is 2. The monoisotopic (exact) mass is 313 g/mol. The molecule has 1 aliphatic heterocycles. The first kappa shape index (κ1) is 17.9. The van der Waals surface area contributed by atoms with Crippen LogP contribution in [0.1, 0.15) is 33.6 Å². The van der Waals surface area contributed by atoms with Crippen molar-refractivity contribution in [3.63, 3.8) is 0 Å². The Labute approximate surface area is 129 Å². The average molecular weight is 313 g/mol. The van der Waals surface area contributed by atoms with E-state index >= 15 is 0 Å². The maximum Gasteiger partial charge on any atom is 0.325 e. The first-order valence-electron chi connectivity index (χ1n) is 7.29. The van der Waals surface area contributed by atoms with Crippen molar-refractivity contribution in [3.05, 3.63) is 0 Å². The topological polar surface area (TPSA) is 107 Å². The molecule has 1 fully saturated rings. The summed E-state index contributed by atoms with van der Waals surface area (Å²) in [4.78, 5) is 49.3. The Hall–Kier alpha value is -2.12. The molecule has 0 aromatic rings. The Balaban J connectivity index is 2.74. The molecule has 4 amide bonds. The van der Waals surface area contributed by atoms with Gasteiger partial charge in [-0.25, -0.2) is 4.79 Å². The summed E-state index contributed by atoms with van der Waals surface area (Å²) < 4.78 is 0. The molecule has 1 heterocycles. The molecule has 0 radical (unpaired) electrons. The molecule has 1 saturated heterocycles. The van der Waals surface area contributed by atoms with Gasteiger partial charge in [0.2, 0.25) is 5.91 Å². The number of amides is 4. The summed E-state index contributed by atoms with van der Waals surface area (Å²) in [7, 11) is 1.45. The number of nitrogens with zero attached hydrogens (tertiary/aromatic N) is 2. The molecule has 1 rings (SSSR count). The van der Waals surface area contributed by atoms with Crippen LogP contribution >= 0.6 is 0 Å². The normalized spacial score (nSPS) is 18.1. The van der Waals surface area contributed by atoms with Gasteiger partial charge in [0, 0.05) is 13.6 Å². The van der Waals surface area contributed by atoms with E-state index in [1.54, 1.807) is 13.8 Å². The van der Waals surface area contributed by atoms with E-state index in [1.807, 2.05) is 0 Å². The van der Waals surface area contributed by atoms with Crippen molar-refractivity contribution >= 4 is 23.8 Å². The molecule has 1 unspecified atom stereocenters. The molecular weight excluding hydrogens is 290 g/mol. The third-order valence-corrected chi connectivity index (χ3v) is 4.14. The lowest BCUT2D eigenvalue weighted by Crippen LogP contribution is -2.47. The zero-order chi connectivity index (χ0) is 17.1. The van der Waals surface area contributed by atoms with E-state index in [1.165, 1.54) is 18.9 Å². The highest BCUT2D eigenvalue weighted by Crippen LogP contribution is 2.24. The number of rotatable bonds is 7. The van der Waals surface area contributed by atoms with Crippen LogP contribution in [0, 0.1) is 5.92 Å². The molecule has 1 aliphatic rings. The Kier molecular flexibility index (Phi) is 5.51. The van der Waals surface area contributed by atoms with Gasteiger partial charge < -0.3 is 15.3 Å². The Morgan fingerprint density at radius 3 is 2.27 bits per heavy atom. The minimum absolute atomic E-state index is 0.0184. The molecular formula is C14H23N3O5. The maximum atomic E-state index is 12.4. The second-order valence-electron chi connectivity index (χ2n) is 5.62. The van der Waals surface area contributed by atoms with E-state index in [4.69, 9.17) is 5.11 Å². The lowest BCUT2D eigenvalue weighted by atomic mass is 9.93. The van der Waals surface area contributed by atoms with Crippen LogP contribution in [-0.2, 0) is 14.4 Å². The minimum Gasteiger partial charge on any atom is -0.481 e. The minimum atomic E-state index is -1.01. The summed E-state index contributed by atoms with van der Waals surface area (Å²) in [6.45, 7) is 4.72. The molecule has 124 valence electrons. The van der Waals surface area contributed by atoms with Crippen molar-refractivity contribution in [2.45, 2.75) is 39.2 Å². The number of imide groups is 1. The first-order chi connectivity index (χ1) is 10.2. The van der Waals surface area contributed by atoms with Crippen LogP contribution < -0.4 is 5.32 Å². The highest BCUT2D eigenvalue weighted by molar-refractivity contribution is 6.08. The Morgan fingerprint density at radius 1 is 1.32 bits per heavy atom. The maximum absolute atomic E-state index is 12.4.